The fourth-order valence-electron chi connectivity index (χ4n) is 3.72. The number of hydrogen-bond donors (Lipinski definition) is 1. The van der Waals surface area contributed by atoms with Crippen molar-refractivity contribution in [1.82, 2.24) is 15.0 Å². The third-order valence-corrected chi connectivity index (χ3v) is 7.91. The molecule has 0 saturated heterocycles. The van der Waals surface area contributed by atoms with Crippen LogP contribution in [0.15, 0.2) is 71.9 Å². The first kappa shape index (κ1) is 23.8. The second-order valence-electron chi connectivity index (χ2n) is 7.79. The van der Waals surface area contributed by atoms with E-state index in [1.165, 1.54) is 11.3 Å². The van der Waals surface area contributed by atoms with E-state index >= 15 is 0 Å². The van der Waals surface area contributed by atoms with Crippen LogP contribution in [-0.2, 0) is 10.0 Å². The molecular formula is C25H18F2N4O3S2. The van der Waals surface area contributed by atoms with Crippen molar-refractivity contribution in [2.75, 3.05) is 11.8 Å². The van der Waals surface area contributed by atoms with Crippen molar-refractivity contribution in [2.45, 2.75) is 11.8 Å². The minimum absolute atomic E-state index is 0.226. The van der Waals surface area contributed by atoms with Gasteiger partial charge in [0.25, 0.3) is 10.0 Å². The lowest BCUT2D eigenvalue weighted by atomic mass is 10.1. The monoisotopic (exact) mass is 524 g/mol. The molecule has 11 heteroatoms. The van der Waals surface area contributed by atoms with Gasteiger partial charge in [-0.1, -0.05) is 23.5 Å². The molecule has 182 valence electrons. The fourth-order valence-corrected chi connectivity index (χ4v) is 5.91. The van der Waals surface area contributed by atoms with Gasteiger partial charge in [-0.25, -0.2) is 32.2 Å². The first-order chi connectivity index (χ1) is 17.3. The Balaban J connectivity index is 1.52. The quantitative estimate of drug-likeness (QED) is 0.301. The molecule has 36 heavy (non-hydrogen) atoms. The molecule has 0 atom stereocenters. The van der Waals surface area contributed by atoms with Gasteiger partial charge in [0, 0.05) is 29.1 Å². The number of rotatable bonds is 6. The van der Waals surface area contributed by atoms with Gasteiger partial charge in [-0.3, -0.25) is 4.72 Å². The first-order valence-corrected chi connectivity index (χ1v) is 12.9. The fraction of sp³-hybridized carbons (Fsp3) is 0.0800. The molecule has 0 bridgehead atoms. The van der Waals surface area contributed by atoms with E-state index in [-0.39, 0.29) is 5.69 Å². The molecule has 0 aliphatic heterocycles. The SMILES string of the molecule is COc1ncccc1-c1cnc2sc(-c3cccc(NS(=O)(=O)c4cc(F)ccc4F)c3C)nc2c1. The smallest absolute Gasteiger partial charge is 0.264 e. The molecule has 0 saturated carbocycles. The summed E-state index contributed by atoms with van der Waals surface area (Å²) in [7, 11) is -2.82. The summed E-state index contributed by atoms with van der Waals surface area (Å²) < 4.78 is 61.0. The minimum atomic E-state index is -4.37. The van der Waals surface area contributed by atoms with Crippen molar-refractivity contribution in [2.24, 2.45) is 0 Å². The molecule has 0 radical (unpaired) electrons. The maximum atomic E-state index is 14.1. The first-order valence-electron chi connectivity index (χ1n) is 10.6. The molecular weight excluding hydrogens is 506 g/mol. The van der Waals surface area contributed by atoms with E-state index in [1.54, 1.807) is 50.7 Å². The third-order valence-electron chi connectivity index (χ3n) is 5.51. The molecule has 3 aromatic heterocycles. The van der Waals surface area contributed by atoms with Crippen LogP contribution in [0.1, 0.15) is 5.56 Å². The predicted molar refractivity (Wildman–Crippen MR) is 135 cm³/mol. The normalized spacial score (nSPS) is 11.6. The Hall–Kier alpha value is -3.96. The molecule has 3 heterocycles. The van der Waals surface area contributed by atoms with Gasteiger partial charge < -0.3 is 4.74 Å². The zero-order valence-corrected chi connectivity index (χ0v) is 20.6. The van der Waals surface area contributed by atoms with Crippen molar-refractivity contribution in [3.63, 3.8) is 0 Å². The second-order valence-corrected chi connectivity index (χ2v) is 10.4. The van der Waals surface area contributed by atoms with Crippen molar-refractivity contribution < 1.29 is 21.9 Å². The number of halogens is 2. The number of methoxy groups -OCH3 is 1. The summed E-state index contributed by atoms with van der Waals surface area (Å²) in [6.07, 6.45) is 3.36. The molecule has 0 spiro atoms. The van der Waals surface area contributed by atoms with Crippen molar-refractivity contribution in [3.8, 4) is 27.6 Å². The largest absolute Gasteiger partial charge is 0.481 e. The lowest BCUT2D eigenvalue weighted by Gasteiger charge is -2.13. The van der Waals surface area contributed by atoms with Gasteiger partial charge in [0.2, 0.25) is 5.88 Å². The molecule has 0 fully saturated rings. The highest BCUT2D eigenvalue weighted by Crippen LogP contribution is 2.36. The lowest BCUT2D eigenvalue weighted by molar-refractivity contribution is 0.399. The summed E-state index contributed by atoms with van der Waals surface area (Å²) in [6, 6.07) is 12.9. The zero-order valence-electron chi connectivity index (χ0n) is 19.0. The summed E-state index contributed by atoms with van der Waals surface area (Å²) in [4.78, 5) is 13.4. The number of aromatic nitrogens is 3. The summed E-state index contributed by atoms with van der Waals surface area (Å²) in [5.74, 6) is -1.43. The Bertz CT molecular complexity index is 1720. The summed E-state index contributed by atoms with van der Waals surface area (Å²) in [5, 5.41) is 0.628. The van der Waals surface area contributed by atoms with Crippen molar-refractivity contribution in [1.29, 1.82) is 0 Å². The van der Waals surface area contributed by atoms with Gasteiger partial charge in [-0.15, -0.1) is 0 Å². The van der Waals surface area contributed by atoms with Gasteiger partial charge in [-0.05, 0) is 55.0 Å². The molecule has 5 aromatic rings. The molecule has 0 unspecified atom stereocenters. The van der Waals surface area contributed by atoms with Crippen LogP contribution < -0.4 is 9.46 Å². The van der Waals surface area contributed by atoms with E-state index < -0.39 is 26.6 Å². The van der Waals surface area contributed by atoms with Crippen LogP contribution in [0, 0.1) is 18.6 Å². The average Bonchev–Trinajstić information content (AvgIpc) is 3.29. The standard InChI is InChI=1S/C25H18F2N4O3S2/c1-14-17(5-3-7-20(14)31-36(32,33)22-12-16(26)8-9-19(22)27)24-30-21-11-15(13-29-25(21)35-24)18-6-4-10-28-23(18)34-2/h3-13,31H,1-2H3. The van der Waals surface area contributed by atoms with E-state index in [0.29, 0.717) is 38.4 Å². The van der Waals surface area contributed by atoms with Crippen LogP contribution in [0.5, 0.6) is 5.88 Å². The van der Waals surface area contributed by atoms with Crippen LogP contribution >= 0.6 is 11.3 Å². The van der Waals surface area contributed by atoms with Crippen molar-refractivity contribution in [3.05, 3.63) is 84.2 Å². The van der Waals surface area contributed by atoms with Gasteiger partial charge in [-0.2, -0.15) is 0 Å². The number of thiazole rings is 1. The number of nitrogens with zero attached hydrogens (tertiary/aromatic N) is 3. The Labute approximate surface area is 209 Å². The maximum absolute atomic E-state index is 14.1. The Morgan fingerprint density at radius 2 is 1.81 bits per heavy atom. The highest BCUT2D eigenvalue weighted by molar-refractivity contribution is 7.92. The number of benzene rings is 2. The van der Waals surface area contributed by atoms with Gasteiger partial charge in [0.15, 0.2) is 0 Å². The minimum Gasteiger partial charge on any atom is -0.481 e. The number of hydrogen-bond acceptors (Lipinski definition) is 7. The topological polar surface area (TPSA) is 94.1 Å². The van der Waals surface area contributed by atoms with Crippen LogP contribution in [0.25, 0.3) is 32.0 Å². The van der Waals surface area contributed by atoms with E-state index in [0.717, 1.165) is 23.3 Å². The van der Waals surface area contributed by atoms with Gasteiger partial charge >= 0.3 is 0 Å². The molecule has 0 aliphatic carbocycles. The molecule has 0 amide bonds. The molecule has 0 aliphatic rings. The number of pyridine rings is 2. The van der Waals surface area contributed by atoms with E-state index in [4.69, 9.17) is 9.72 Å². The van der Waals surface area contributed by atoms with E-state index in [1.807, 2.05) is 12.1 Å². The number of ether oxygens (including phenoxy) is 1. The number of sulfonamides is 1. The molecule has 2 aromatic carbocycles. The number of fused-ring (bicyclic) bond motifs is 1. The Morgan fingerprint density at radius 3 is 2.61 bits per heavy atom. The van der Waals surface area contributed by atoms with Crippen LogP contribution in [0.4, 0.5) is 14.5 Å². The molecule has 1 N–H and O–H groups in total. The third kappa shape index (κ3) is 4.38. The predicted octanol–water partition coefficient (Wildman–Crippen LogP) is 5.82. The lowest BCUT2D eigenvalue weighted by Crippen LogP contribution is -2.15. The Morgan fingerprint density at radius 1 is 1.00 bits per heavy atom. The maximum Gasteiger partial charge on any atom is 0.264 e. The molecule has 7 nitrogen and oxygen atoms in total. The van der Waals surface area contributed by atoms with Gasteiger partial charge in [0.1, 0.15) is 31.9 Å². The average molecular weight is 525 g/mol. The van der Waals surface area contributed by atoms with Crippen LogP contribution in [0.2, 0.25) is 0 Å². The van der Waals surface area contributed by atoms with Gasteiger partial charge in [0.05, 0.1) is 12.8 Å². The highest BCUT2D eigenvalue weighted by atomic mass is 32.2. The zero-order chi connectivity index (χ0) is 25.4. The summed E-state index contributed by atoms with van der Waals surface area (Å²) >= 11 is 1.35. The van der Waals surface area contributed by atoms with E-state index in [2.05, 4.69) is 14.7 Å². The van der Waals surface area contributed by atoms with Crippen LogP contribution in [0.3, 0.4) is 0 Å². The van der Waals surface area contributed by atoms with E-state index in [9.17, 15) is 17.2 Å². The number of anilines is 1. The van der Waals surface area contributed by atoms with Crippen molar-refractivity contribution >= 4 is 37.4 Å². The highest BCUT2D eigenvalue weighted by Gasteiger charge is 2.22. The number of nitrogens with one attached hydrogen (secondary N) is 1. The molecule has 5 rings (SSSR count). The Kier molecular flexibility index (Phi) is 6.10. The summed E-state index contributed by atoms with van der Waals surface area (Å²) in [6.45, 7) is 1.72. The second kappa shape index (κ2) is 9.25. The van der Waals surface area contributed by atoms with Crippen LogP contribution in [-0.4, -0.2) is 30.5 Å². The summed E-state index contributed by atoms with van der Waals surface area (Å²) in [5.41, 5.74) is 3.71.